The number of ether oxygens (including phenoxy) is 1. The highest BCUT2D eigenvalue weighted by atomic mass is 32.2. The monoisotopic (exact) mass is 480 g/mol. The lowest BCUT2D eigenvalue weighted by molar-refractivity contribution is 0.242. The zero-order valence-electron chi connectivity index (χ0n) is 19.1. The van der Waals surface area contributed by atoms with Crippen LogP contribution in [-0.4, -0.2) is 34.6 Å². The molecule has 1 aromatic heterocycles. The lowest BCUT2D eigenvalue weighted by Crippen LogP contribution is -2.27. The predicted molar refractivity (Wildman–Crippen MR) is 135 cm³/mol. The minimum Gasteiger partial charge on any atom is -0.490 e. The summed E-state index contributed by atoms with van der Waals surface area (Å²) in [5, 5.41) is 13.5. The first-order valence-corrected chi connectivity index (χ1v) is 13.2. The van der Waals surface area contributed by atoms with Gasteiger partial charge in [0.15, 0.2) is 0 Å². The van der Waals surface area contributed by atoms with E-state index in [2.05, 4.69) is 39.3 Å². The van der Waals surface area contributed by atoms with Gasteiger partial charge in [-0.1, -0.05) is 18.2 Å². The molecule has 8 heteroatoms. The highest BCUT2D eigenvalue weighted by molar-refractivity contribution is 7.83. The second-order valence-corrected chi connectivity index (χ2v) is 10.6. The number of fused-ring (bicyclic) bond motifs is 1. The molecule has 0 spiro atoms. The van der Waals surface area contributed by atoms with Crippen molar-refractivity contribution >= 4 is 22.3 Å². The van der Waals surface area contributed by atoms with Crippen molar-refractivity contribution in [1.82, 2.24) is 15.0 Å². The average Bonchev–Trinajstić information content (AvgIpc) is 3.45. The van der Waals surface area contributed by atoms with E-state index in [0.717, 1.165) is 34.8 Å². The Morgan fingerprint density at radius 3 is 2.94 bits per heavy atom. The average molecular weight is 481 g/mol. The summed E-state index contributed by atoms with van der Waals surface area (Å²) in [5.41, 5.74) is 5.13. The van der Waals surface area contributed by atoms with Gasteiger partial charge in [-0.05, 0) is 68.6 Å². The molecule has 1 unspecified atom stereocenters. The van der Waals surface area contributed by atoms with Crippen molar-refractivity contribution in [3.63, 3.8) is 0 Å². The molecular formula is C25H28N4O2S2. The first-order chi connectivity index (χ1) is 16.0. The van der Waals surface area contributed by atoms with E-state index >= 15 is 0 Å². The molecule has 2 atom stereocenters. The molecule has 0 saturated heterocycles. The van der Waals surface area contributed by atoms with E-state index in [9.17, 15) is 9.47 Å². The molecule has 0 bridgehead atoms. The Balaban J connectivity index is 1.58. The molecular weight excluding hydrogens is 452 g/mol. The largest absolute Gasteiger partial charge is 0.490 e. The van der Waals surface area contributed by atoms with Crippen LogP contribution in [0.3, 0.4) is 0 Å². The topological polar surface area (TPSA) is 87.0 Å². The maximum atomic E-state index is 12.3. The molecule has 172 valence electrons. The SMILES string of the molecule is CNCCS(=O)N[C@H]1CCc2c(-c3cnc(-c4ccc(OC(C)C)c(C#N)c4)s3)cccc21. The van der Waals surface area contributed by atoms with E-state index in [1.807, 2.05) is 45.3 Å². The highest BCUT2D eigenvalue weighted by Gasteiger charge is 2.26. The minimum absolute atomic E-state index is 0.00800. The van der Waals surface area contributed by atoms with Crippen LogP contribution in [0.1, 0.15) is 43.0 Å². The summed E-state index contributed by atoms with van der Waals surface area (Å²) in [7, 11) is 0.811. The van der Waals surface area contributed by atoms with Crippen molar-refractivity contribution in [1.29, 1.82) is 5.26 Å². The van der Waals surface area contributed by atoms with Crippen LogP contribution in [0, 0.1) is 11.3 Å². The van der Waals surface area contributed by atoms with Crippen molar-refractivity contribution < 1.29 is 8.95 Å². The number of hydrogen-bond acceptors (Lipinski definition) is 6. The molecule has 0 saturated carbocycles. The minimum atomic E-state index is -1.06. The van der Waals surface area contributed by atoms with Crippen LogP contribution in [0.4, 0.5) is 0 Å². The Bertz CT molecular complexity index is 1200. The van der Waals surface area contributed by atoms with Crippen molar-refractivity contribution in [3.05, 3.63) is 59.3 Å². The van der Waals surface area contributed by atoms with E-state index in [-0.39, 0.29) is 12.1 Å². The molecule has 0 fully saturated rings. The van der Waals surface area contributed by atoms with Crippen LogP contribution in [0.5, 0.6) is 5.75 Å². The number of thiazole rings is 1. The predicted octanol–water partition coefficient (Wildman–Crippen LogP) is 4.60. The van der Waals surface area contributed by atoms with Crippen LogP contribution in [0.2, 0.25) is 0 Å². The lowest BCUT2D eigenvalue weighted by atomic mass is 10.0. The van der Waals surface area contributed by atoms with E-state index in [1.54, 1.807) is 11.3 Å². The molecule has 33 heavy (non-hydrogen) atoms. The van der Waals surface area contributed by atoms with Gasteiger partial charge in [-0.25, -0.2) is 13.9 Å². The van der Waals surface area contributed by atoms with Crippen molar-refractivity contribution in [2.45, 2.75) is 38.8 Å². The summed E-state index contributed by atoms with van der Waals surface area (Å²) in [6.45, 7) is 4.61. The number of aromatic nitrogens is 1. The molecule has 6 nitrogen and oxygen atoms in total. The van der Waals surface area contributed by atoms with E-state index in [1.165, 1.54) is 16.7 Å². The molecule has 4 rings (SSSR count). The van der Waals surface area contributed by atoms with Gasteiger partial charge >= 0.3 is 0 Å². The maximum absolute atomic E-state index is 12.3. The first kappa shape index (κ1) is 23.6. The van der Waals surface area contributed by atoms with Gasteiger partial charge in [-0.15, -0.1) is 11.3 Å². The van der Waals surface area contributed by atoms with Crippen molar-refractivity contribution in [3.8, 4) is 32.8 Å². The maximum Gasteiger partial charge on any atom is 0.137 e. The summed E-state index contributed by atoms with van der Waals surface area (Å²) in [5.74, 6) is 1.19. The zero-order chi connectivity index (χ0) is 23.4. The Morgan fingerprint density at radius 2 is 2.18 bits per heavy atom. The lowest BCUT2D eigenvalue weighted by Gasteiger charge is -2.14. The van der Waals surface area contributed by atoms with Gasteiger partial charge in [-0.3, -0.25) is 0 Å². The van der Waals surface area contributed by atoms with Gasteiger partial charge in [0.05, 0.1) is 33.3 Å². The van der Waals surface area contributed by atoms with Gasteiger partial charge in [0.25, 0.3) is 0 Å². The molecule has 0 amide bonds. The molecule has 2 aromatic carbocycles. The van der Waals surface area contributed by atoms with Crippen molar-refractivity contribution in [2.24, 2.45) is 0 Å². The normalized spacial score (nSPS) is 15.9. The van der Waals surface area contributed by atoms with Gasteiger partial charge in [-0.2, -0.15) is 5.26 Å². The number of nitrogens with one attached hydrogen (secondary N) is 2. The third-order valence-corrected chi connectivity index (χ3v) is 7.76. The Hall–Kier alpha value is -2.57. The fourth-order valence-electron chi connectivity index (χ4n) is 4.06. The Labute approximate surface area is 201 Å². The molecule has 2 N–H and O–H groups in total. The smallest absolute Gasteiger partial charge is 0.137 e. The van der Waals surface area contributed by atoms with Gasteiger partial charge in [0.2, 0.25) is 0 Å². The van der Waals surface area contributed by atoms with E-state index < -0.39 is 11.0 Å². The Kier molecular flexibility index (Phi) is 7.56. The van der Waals surface area contributed by atoms with E-state index in [4.69, 9.17) is 4.74 Å². The molecule has 0 aliphatic heterocycles. The summed E-state index contributed by atoms with van der Waals surface area (Å²) in [6.07, 6.45) is 3.80. The second kappa shape index (κ2) is 10.6. The summed E-state index contributed by atoms with van der Waals surface area (Å²) < 4.78 is 21.4. The van der Waals surface area contributed by atoms with Crippen molar-refractivity contribution in [2.75, 3.05) is 19.3 Å². The van der Waals surface area contributed by atoms with Gasteiger partial charge in [0, 0.05) is 24.3 Å². The number of hydrogen-bond donors (Lipinski definition) is 2. The number of benzene rings is 2. The molecule has 3 aromatic rings. The van der Waals surface area contributed by atoms with Crippen LogP contribution < -0.4 is 14.8 Å². The number of nitrogens with zero attached hydrogens (tertiary/aromatic N) is 2. The van der Waals surface area contributed by atoms with Gasteiger partial charge < -0.3 is 10.1 Å². The summed E-state index contributed by atoms with van der Waals surface area (Å²) in [4.78, 5) is 5.75. The second-order valence-electron chi connectivity index (χ2n) is 8.25. The first-order valence-electron chi connectivity index (χ1n) is 11.1. The van der Waals surface area contributed by atoms with Crippen LogP contribution in [-0.2, 0) is 17.4 Å². The Morgan fingerprint density at radius 1 is 1.33 bits per heavy atom. The highest BCUT2D eigenvalue weighted by Crippen LogP contribution is 2.41. The van der Waals surface area contributed by atoms with Crippen LogP contribution in [0.25, 0.3) is 21.0 Å². The number of rotatable bonds is 9. The molecule has 1 aliphatic carbocycles. The van der Waals surface area contributed by atoms with Crippen LogP contribution >= 0.6 is 11.3 Å². The molecule has 1 aliphatic rings. The fraction of sp³-hybridized carbons (Fsp3) is 0.360. The zero-order valence-corrected chi connectivity index (χ0v) is 20.7. The van der Waals surface area contributed by atoms with E-state index in [0.29, 0.717) is 17.1 Å². The molecule has 1 heterocycles. The van der Waals surface area contributed by atoms with Crippen LogP contribution in [0.15, 0.2) is 42.6 Å². The third kappa shape index (κ3) is 5.33. The van der Waals surface area contributed by atoms with Gasteiger partial charge in [0.1, 0.15) is 16.8 Å². The summed E-state index contributed by atoms with van der Waals surface area (Å²) in [6, 6.07) is 14.3. The summed E-state index contributed by atoms with van der Waals surface area (Å²) >= 11 is 1.62. The fourth-order valence-corrected chi connectivity index (χ4v) is 6.09. The third-order valence-electron chi connectivity index (χ3n) is 5.56. The quantitative estimate of drug-likeness (QED) is 0.468. The number of nitriles is 1. The standard InChI is InChI=1S/C25H28N4O2S2/c1-16(2)31-23-10-7-17(13-18(23)14-26)25-28-15-24(32-25)21-6-4-5-20-19(21)8-9-22(20)29-33(30)12-11-27-3/h4-7,10,13,15-16,22,27,29H,8-9,11-12H2,1-3H3/t22-,33?/m0/s1. The molecule has 0 radical (unpaired) electrons.